The van der Waals surface area contributed by atoms with E-state index in [1.807, 2.05) is 41.8 Å². The van der Waals surface area contributed by atoms with Crippen molar-refractivity contribution in [2.24, 2.45) is 10.1 Å². The van der Waals surface area contributed by atoms with Crippen molar-refractivity contribution >= 4 is 66.4 Å². The van der Waals surface area contributed by atoms with Crippen LogP contribution in [0.5, 0.6) is 0 Å². The molecule has 0 saturated heterocycles. The smallest absolute Gasteiger partial charge is 0.211 e. The lowest BCUT2D eigenvalue weighted by atomic mass is 10.2. The Balaban J connectivity index is 1.87. The second-order valence-corrected chi connectivity index (χ2v) is 9.80. The number of halogens is 3. The maximum atomic E-state index is 14.1. The molecular weight excluding hydrogens is 525 g/mol. The lowest BCUT2D eigenvalue weighted by Gasteiger charge is -2.02. The number of thiazole rings is 1. The third kappa shape index (κ3) is 4.25. The van der Waals surface area contributed by atoms with E-state index >= 15 is 0 Å². The van der Waals surface area contributed by atoms with Gasteiger partial charge < -0.3 is 0 Å². The second kappa shape index (κ2) is 8.65. The molecule has 0 atom stereocenters. The molecule has 0 bridgehead atoms. The highest BCUT2D eigenvalue weighted by atomic mass is 79.9. The van der Waals surface area contributed by atoms with Crippen LogP contribution in [0.2, 0.25) is 0 Å². The van der Waals surface area contributed by atoms with Gasteiger partial charge in [0.05, 0.1) is 20.6 Å². The molecule has 0 saturated carbocycles. The summed E-state index contributed by atoms with van der Waals surface area (Å²) >= 11 is 10.1. The largest absolute Gasteiger partial charge is 0.217 e. The van der Waals surface area contributed by atoms with Crippen LogP contribution >= 0.6 is 54.5 Å². The third-order valence-electron chi connectivity index (χ3n) is 3.80. The van der Waals surface area contributed by atoms with Gasteiger partial charge in [-0.2, -0.15) is 5.10 Å². The Hall–Kier alpha value is -1.87. The van der Waals surface area contributed by atoms with Crippen molar-refractivity contribution in [2.75, 3.05) is 0 Å². The number of hydrogen-bond acceptors (Lipinski definition) is 4. The summed E-state index contributed by atoms with van der Waals surface area (Å²) < 4.78 is 17.8. The molecule has 0 fully saturated rings. The van der Waals surface area contributed by atoms with Gasteiger partial charge in [-0.05, 0) is 46.3 Å². The van der Waals surface area contributed by atoms with Crippen LogP contribution < -0.4 is 4.80 Å². The molecule has 2 heterocycles. The maximum absolute atomic E-state index is 14.1. The lowest BCUT2D eigenvalue weighted by molar-refractivity contribution is 0.628. The molecule has 140 valence electrons. The molecule has 2 aromatic heterocycles. The Morgan fingerprint density at radius 1 is 0.964 bits per heavy atom. The summed E-state index contributed by atoms with van der Waals surface area (Å²) in [6.07, 6.45) is 1.77. The van der Waals surface area contributed by atoms with Gasteiger partial charge in [0.25, 0.3) is 0 Å². The molecule has 0 aliphatic rings. The van der Waals surface area contributed by atoms with Crippen LogP contribution in [0.4, 0.5) is 10.1 Å². The minimum absolute atomic E-state index is 0.285. The first-order valence-corrected chi connectivity index (χ1v) is 11.4. The summed E-state index contributed by atoms with van der Waals surface area (Å²) in [6.45, 7) is 0. The Kier molecular flexibility index (Phi) is 6.01. The van der Waals surface area contributed by atoms with Gasteiger partial charge in [-0.3, -0.25) is 0 Å². The predicted molar refractivity (Wildman–Crippen MR) is 122 cm³/mol. The summed E-state index contributed by atoms with van der Waals surface area (Å²) in [5.41, 5.74) is 2.13. The summed E-state index contributed by atoms with van der Waals surface area (Å²) in [5, 5.41) is 6.64. The number of hydrogen-bond donors (Lipinski definition) is 0. The van der Waals surface area contributed by atoms with Crippen molar-refractivity contribution in [3.63, 3.8) is 0 Å². The summed E-state index contributed by atoms with van der Waals surface area (Å²) in [6, 6.07) is 18.3. The van der Waals surface area contributed by atoms with Crippen molar-refractivity contribution in [3.05, 3.63) is 90.5 Å². The topological polar surface area (TPSA) is 29.6 Å². The average Bonchev–Trinajstić information content (AvgIpc) is 3.29. The summed E-state index contributed by atoms with van der Waals surface area (Å²) in [7, 11) is 0. The van der Waals surface area contributed by atoms with Gasteiger partial charge in [-0.25, -0.2) is 14.1 Å². The van der Waals surface area contributed by atoms with Crippen molar-refractivity contribution in [1.82, 2.24) is 4.68 Å². The number of thiophene rings is 1. The highest BCUT2D eigenvalue weighted by molar-refractivity contribution is 9.11. The van der Waals surface area contributed by atoms with Crippen molar-refractivity contribution < 1.29 is 4.39 Å². The average molecular weight is 537 g/mol. The van der Waals surface area contributed by atoms with Gasteiger partial charge >= 0.3 is 0 Å². The van der Waals surface area contributed by atoms with E-state index in [1.165, 1.54) is 17.4 Å². The van der Waals surface area contributed by atoms with Gasteiger partial charge in [0.2, 0.25) is 4.80 Å². The Morgan fingerprint density at radius 2 is 1.75 bits per heavy atom. The Morgan fingerprint density at radius 3 is 2.50 bits per heavy atom. The van der Waals surface area contributed by atoms with E-state index in [1.54, 1.807) is 40.4 Å². The first-order chi connectivity index (χ1) is 13.6. The summed E-state index contributed by atoms with van der Waals surface area (Å²) in [5.74, 6) is -0.363. The minimum Gasteiger partial charge on any atom is -0.217 e. The van der Waals surface area contributed by atoms with Gasteiger partial charge in [-0.15, -0.1) is 22.7 Å². The quantitative estimate of drug-likeness (QED) is 0.250. The Bertz CT molecular complexity index is 1220. The second-order valence-electron chi connectivity index (χ2n) is 5.65. The molecule has 2 aromatic carbocycles. The van der Waals surface area contributed by atoms with E-state index in [2.05, 4.69) is 42.0 Å². The van der Waals surface area contributed by atoms with Crippen molar-refractivity contribution in [2.45, 2.75) is 0 Å². The van der Waals surface area contributed by atoms with E-state index in [9.17, 15) is 4.39 Å². The molecule has 0 aliphatic carbocycles. The van der Waals surface area contributed by atoms with Crippen LogP contribution in [0.25, 0.3) is 10.6 Å². The minimum atomic E-state index is -0.363. The normalized spacial score (nSPS) is 12.2. The molecule has 0 aliphatic heterocycles. The van der Waals surface area contributed by atoms with Gasteiger partial charge in [0.1, 0.15) is 11.5 Å². The van der Waals surface area contributed by atoms with E-state index in [0.717, 1.165) is 24.4 Å². The molecule has 4 aromatic rings. The number of aromatic nitrogens is 1. The Labute approximate surface area is 185 Å². The zero-order valence-corrected chi connectivity index (χ0v) is 19.0. The zero-order chi connectivity index (χ0) is 19.5. The molecule has 0 amide bonds. The van der Waals surface area contributed by atoms with Crippen LogP contribution in [0.1, 0.15) is 5.56 Å². The number of nitrogens with zero attached hydrogens (tertiary/aromatic N) is 3. The maximum Gasteiger partial charge on any atom is 0.211 e. The van der Waals surface area contributed by atoms with Crippen molar-refractivity contribution in [1.29, 1.82) is 0 Å². The highest BCUT2D eigenvalue weighted by Gasteiger charge is 2.11. The summed E-state index contributed by atoms with van der Waals surface area (Å²) in [4.78, 5) is 6.14. The first kappa shape index (κ1) is 19.4. The molecule has 3 nitrogen and oxygen atoms in total. The highest BCUT2D eigenvalue weighted by Crippen LogP contribution is 2.31. The molecule has 28 heavy (non-hydrogen) atoms. The van der Waals surface area contributed by atoms with Crippen LogP contribution in [0.3, 0.4) is 0 Å². The fraction of sp³-hybridized carbons (Fsp3) is 0. The molecule has 0 spiro atoms. The number of para-hydroxylation sites is 1. The molecular formula is C20H12Br2FN3S2. The van der Waals surface area contributed by atoms with E-state index in [4.69, 9.17) is 0 Å². The van der Waals surface area contributed by atoms with E-state index in [-0.39, 0.29) is 11.5 Å². The lowest BCUT2D eigenvalue weighted by Crippen LogP contribution is -2.11. The van der Waals surface area contributed by atoms with Crippen LogP contribution in [0.15, 0.2) is 84.4 Å². The number of benzene rings is 2. The molecule has 4 rings (SSSR count). The standard InChI is InChI=1S/C20H12Br2FN3S2/c21-14-6-2-1-5-13(14)11-24-26-17(18-9-10-19(22)28-18)12-27-20(26)25-16-8-4-3-7-15(16)23/h1-12H/b24-11-,25-20?. The fourth-order valence-corrected chi connectivity index (χ4v) is 5.15. The number of rotatable bonds is 4. The van der Waals surface area contributed by atoms with Crippen molar-refractivity contribution in [3.8, 4) is 10.6 Å². The van der Waals surface area contributed by atoms with Gasteiger partial charge in [0, 0.05) is 15.4 Å². The predicted octanol–water partition coefficient (Wildman–Crippen LogP) is 7.06. The third-order valence-corrected chi connectivity index (χ3v) is 6.98. The first-order valence-electron chi connectivity index (χ1n) is 8.16. The van der Waals surface area contributed by atoms with Gasteiger partial charge in [0.15, 0.2) is 0 Å². The molecule has 8 heteroatoms. The fourth-order valence-electron chi connectivity index (χ4n) is 2.46. The van der Waals surface area contributed by atoms with E-state index in [0.29, 0.717) is 4.80 Å². The monoisotopic (exact) mass is 535 g/mol. The SMILES string of the molecule is Fc1ccccc1N=c1scc(-c2ccc(Br)s2)n1/N=C\c1ccccc1Br. The van der Waals surface area contributed by atoms with Gasteiger partial charge in [-0.1, -0.05) is 46.3 Å². The zero-order valence-electron chi connectivity index (χ0n) is 14.2. The molecule has 0 radical (unpaired) electrons. The van der Waals surface area contributed by atoms with Crippen LogP contribution in [-0.4, -0.2) is 10.9 Å². The van der Waals surface area contributed by atoms with E-state index < -0.39 is 0 Å². The van der Waals surface area contributed by atoms with Crippen LogP contribution in [0, 0.1) is 5.82 Å². The van der Waals surface area contributed by atoms with Crippen LogP contribution in [-0.2, 0) is 0 Å². The molecule has 0 unspecified atom stereocenters. The molecule has 0 N–H and O–H groups in total.